The van der Waals surface area contributed by atoms with Crippen molar-refractivity contribution in [1.29, 1.82) is 0 Å². The molecule has 8 nitrogen and oxygen atoms in total. The molecule has 2 rings (SSSR count). The predicted molar refractivity (Wildman–Crippen MR) is 98.1 cm³/mol. The van der Waals surface area contributed by atoms with Gasteiger partial charge in [0.25, 0.3) is 5.56 Å². The summed E-state index contributed by atoms with van der Waals surface area (Å²) in [5.74, 6) is -0.459. The van der Waals surface area contributed by atoms with Crippen molar-refractivity contribution in [3.8, 4) is 0 Å². The van der Waals surface area contributed by atoms with Gasteiger partial charge < -0.3 is 14.6 Å². The van der Waals surface area contributed by atoms with Gasteiger partial charge in [-0.15, -0.1) is 18.2 Å². The predicted octanol–water partition coefficient (Wildman–Crippen LogP) is 1.31. The van der Waals surface area contributed by atoms with Crippen LogP contribution >= 0.6 is 27.5 Å². The number of ether oxygens (including phenoxy) is 2. The van der Waals surface area contributed by atoms with Crippen LogP contribution in [0.2, 0.25) is 0 Å². The maximum absolute atomic E-state index is 12.1. The molecule has 0 aliphatic carbocycles. The first kappa shape index (κ1) is 20.9. The molecule has 0 bridgehead atoms. The normalized spacial score (nSPS) is 28.8. The van der Waals surface area contributed by atoms with E-state index in [0.29, 0.717) is 0 Å². The number of esters is 1. The van der Waals surface area contributed by atoms with Crippen molar-refractivity contribution in [3.05, 3.63) is 44.2 Å². The van der Waals surface area contributed by atoms with Crippen molar-refractivity contribution in [3.63, 3.8) is 0 Å². The summed E-state index contributed by atoms with van der Waals surface area (Å²) < 4.78 is 12.0. The lowest BCUT2D eigenvalue weighted by Gasteiger charge is -2.28. The number of alkyl halides is 1. The zero-order valence-electron chi connectivity index (χ0n) is 14.5. The molecule has 144 valence electrons. The van der Waals surface area contributed by atoms with Gasteiger partial charge in [-0.25, -0.2) is 4.79 Å². The van der Waals surface area contributed by atoms with Crippen LogP contribution in [0.5, 0.6) is 0 Å². The zero-order valence-corrected chi connectivity index (χ0v) is 16.8. The molecule has 4 atom stereocenters. The average Bonchev–Trinajstić information content (AvgIpc) is 2.80. The van der Waals surface area contributed by atoms with Gasteiger partial charge in [-0.3, -0.25) is 19.1 Å². The summed E-state index contributed by atoms with van der Waals surface area (Å²) in [6, 6.07) is 0. The Balaban J connectivity index is 2.33. The lowest BCUT2D eigenvalue weighted by molar-refractivity contribution is -0.158. The van der Waals surface area contributed by atoms with Crippen LogP contribution in [-0.2, 0) is 14.3 Å². The van der Waals surface area contributed by atoms with Crippen LogP contribution in [0.25, 0.3) is 0 Å². The monoisotopic (exact) mass is 450 g/mol. The van der Waals surface area contributed by atoms with Crippen LogP contribution < -0.4 is 11.2 Å². The Kier molecular flexibility index (Phi) is 5.86. The summed E-state index contributed by atoms with van der Waals surface area (Å²) in [5, 5.41) is 9.83. The molecule has 26 heavy (non-hydrogen) atoms. The van der Waals surface area contributed by atoms with Crippen LogP contribution in [0, 0.1) is 5.41 Å². The van der Waals surface area contributed by atoms with Gasteiger partial charge in [-0.05, 0) is 36.7 Å². The first-order valence-corrected chi connectivity index (χ1v) is 8.98. The fraction of sp³-hybridized carbons (Fsp3) is 0.562. The number of carbonyl (C=O) groups is 1. The minimum atomic E-state index is -1.83. The van der Waals surface area contributed by atoms with Crippen LogP contribution in [0.4, 0.5) is 0 Å². The smallest absolute Gasteiger partial charge is 0.330 e. The fourth-order valence-corrected chi connectivity index (χ4v) is 3.06. The Morgan fingerprint density at radius 1 is 1.58 bits per heavy atom. The maximum atomic E-state index is 12.1. The number of hydrogen-bond donors (Lipinski definition) is 2. The summed E-state index contributed by atoms with van der Waals surface area (Å²) in [6.07, 6.45) is 0.190. The number of aromatic amines is 1. The first-order valence-electron chi connectivity index (χ1n) is 7.75. The molecule has 10 heteroatoms. The van der Waals surface area contributed by atoms with E-state index < -0.39 is 45.9 Å². The first-order chi connectivity index (χ1) is 11.9. The number of hydrogen-bond acceptors (Lipinski definition) is 6. The highest BCUT2D eigenvalue weighted by Crippen LogP contribution is 2.42. The molecule has 2 N–H and O–H groups in total. The Morgan fingerprint density at radius 2 is 2.19 bits per heavy atom. The van der Waals surface area contributed by atoms with Gasteiger partial charge in [-0.2, -0.15) is 0 Å². The van der Waals surface area contributed by atoms with Crippen molar-refractivity contribution in [1.82, 2.24) is 9.55 Å². The van der Waals surface area contributed by atoms with Gasteiger partial charge in [0.05, 0.1) is 15.3 Å². The van der Waals surface area contributed by atoms with Crippen molar-refractivity contribution in [2.75, 3.05) is 6.61 Å². The minimum absolute atomic E-state index is 0.0702. The molecule has 1 aromatic heterocycles. The van der Waals surface area contributed by atoms with Gasteiger partial charge in [0, 0.05) is 6.20 Å². The van der Waals surface area contributed by atoms with Crippen molar-refractivity contribution >= 4 is 33.5 Å². The van der Waals surface area contributed by atoms with Gasteiger partial charge in [0.2, 0.25) is 0 Å². The number of rotatable bonds is 4. The standard InChI is InChI=1S/C16H20BrClN2O6/c1-5-16(24)10(18)9(7-25-13(22)15(2,3)4)26-12(16)20-6-8(17)11(21)19-14(20)23/h5-6,9-10,12,24H,1,7H2,2-4H3,(H,19,21,23)/t9-,10-,12-,16-/m1/s1. The van der Waals surface area contributed by atoms with Gasteiger partial charge in [0.1, 0.15) is 18.3 Å². The maximum Gasteiger partial charge on any atom is 0.330 e. The lowest BCUT2D eigenvalue weighted by Crippen LogP contribution is -2.45. The molecule has 0 saturated carbocycles. The topological polar surface area (TPSA) is 111 Å². The summed E-state index contributed by atoms with van der Waals surface area (Å²) in [4.78, 5) is 37.7. The van der Waals surface area contributed by atoms with Crippen LogP contribution in [0.1, 0.15) is 27.0 Å². The molecular formula is C16H20BrClN2O6. The number of aliphatic hydroxyl groups is 1. The number of nitrogens with zero attached hydrogens (tertiary/aromatic N) is 1. The van der Waals surface area contributed by atoms with E-state index in [1.807, 2.05) is 0 Å². The van der Waals surface area contributed by atoms with Gasteiger partial charge in [0.15, 0.2) is 6.23 Å². The SMILES string of the molecule is C=C[C@@]1(O)[C@H](Cl)[C@@H](COC(=O)C(C)(C)C)O[C@H]1n1cc(Br)c(=O)[nH]c1=O. The Bertz CT molecular complexity index is 829. The molecule has 1 aliphatic rings. The molecular weight excluding hydrogens is 432 g/mol. The number of nitrogens with one attached hydrogen (secondary N) is 1. The second-order valence-electron chi connectivity index (χ2n) is 7.01. The van der Waals surface area contributed by atoms with E-state index in [1.165, 1.54) is 6.20 Å². The Morgan fingerprint density at radius 3 is 2.73 bits per heavy atom. The van der Waals surface area contributed by atoms with E-state index in [1.54, 1.807) is 20.8 Å². The summed E-state index contributed by atoms with van der Waals surface area (Å²) >= 11 is 9.33. The fourth-order valence-electron chi connectivity index (χ4n) is 2.41. The molecule has 0 unspecified atom stereocenters. The number of aromatic nitrogens is 2. The molecule has 2 heterocycles. The van der Waals surface area contributed by atoms with E-state index in [2.05, 4.69) is 27.5 Å². The van der Waals surface area contributed by atoms with E-state index in [9.17, 15) is 19.5 Å². The number of halogens is 2. The highest BCUT2D eigenvalue weighted by atomic mass is 79.9. The molecule has 0 amide bonds. The second-order valence-corrected chi connectivity index (χ2v) is 8.34. The Labute approximate surface area is 162 Å². The third kappa shape index (κ3) is 3.80. The van der Waals surface area contributed by atoms with Crippen LogP contribution in [0.3, 0.4) is 0 Å². The quantitative estimate of drug-likeness (QED) is 0.406. The van der Waals surface area contributed by atoms with Gasteiger partial charge >= 0.3 is 11.7 Å². The molecule has 0 aromatic carbocycles. The van der Waals surface area contributed by atoms with Crippen LogP contribution in [0.15, 0.2) is 32.9 Å². The summed E-state index contributed by atoms with van der Waals surface area (Å²) in [5.41, 5.74) is -3.96. The second kappa shape index (κ2) is 7.30. The zero-order chi connectivity index (χ0) is 19.9. The molecule has 0 radical (unpaired) electrons. The number of carbonyl (C=O) groups excluding carboxylic acids is 1. The van der Waals surface area contributed by atoms with Crippen molar-refractivity contribution in [2.24, 2.45) is 5.41 Å². The number of H-pyrrole nitrogens is 1. The third-order valence-corrected chi connectivity index (χ3v) is 5.16. The summed E-state index contributed by atoms with van der Waals surface area (Å²) in [7, 11) is 0. The molecule has 0 spiro atoms. The van der Waals surface area contributed by atoms with E-state index in [-0.39, 0.29) is 11.1 Å². The molecule has 1 saturated heterocycles. The largest absolute Gasteiger partial charge is 0.462 e. The Hall–Kier alpha value is -1.42. The van der Waals surface area contributed by atoms with E-state index in [0.717, 1.165) is 10.6 Å². The molecule has 1 aromatic rings. The third-order valence-electron chi connectivity index (χ3n) is 3.96. The highest BCUT2D eigenvalue weighted by Gasteiger charge is 2.55. The van der Waals surface area contributed by atoms with E-state index in [4.69, 9.17) is 21.1 Å². The van der Waals surface area contributed by atoms with Crippen molar-refractivity contribution < 1.29 is 19.4 Å². The van der Waals surface area contributed by atoms with E-state index >= 15 is 0 Å². The lowest BCUT2D eigenvalue weighted by atomic mass is 9.96. The van der Waals surface area contributed by atoms with Crippen molar-refractivity contribution in [2.45, 2.75) is 44.1 Å². The average molecular weight is 452 g/mol. The molecule has 1 fully saturated rings. The minimum Gasteiger partial charge on any atom is -0.462 e. The van der Waals surface area contributed by atoms with Gasteiger partial charge in [-0.1, -0.05) is 6.08 Å². The van der Waals surface area contributed by atoms with Crippen LogP contribution in [-0.4, -0.2) is 44.3 Å². The highest BCUT2D eigenvalue weighted by molar-refractivity contribution is 9.10. The summed E-state index contributed by atoms with van der Waals surface area (Å²) in [6.45, 7) is 8.44. The molecule has 1 aliphatic heterocycles.